The first-order valence-electron chi connectivity index (χ1n) is 19.9. The fourth-order valence-electron chi connectivity index (χ4n) is 8.49. The third-order valence-corrected chi connectivity index (χ3v) is 13.7. The van der Waals surface area contributed by atoms with Gasteiger partial charge in [-0.25, -0.2) is 14.0 Å². The van der Waals surface area contributed by atoms with E-state index in [0.29, 0.717) is 66.7 Å². The maximum atomic E-state index is 16.0. The number of fused-ring (bicyclic) bond motifs is 1. The summed E-state index contributed by atoms with van der Waals surface area (Å²) in [5.74, 6) is -4.00. The molecule has 2 aromatic heterocycles. The Morgan fingerprint density at radius 1 is 1.05 bits per heavy atom. The fourth-order valence-corrected chi connectivity index (χ4v) is 10.5. The number of ether oxygens (including phenoxy) is 3. The molecule has 4 aliphatic heterocycles. The molecule has 3 unspecified atom stereocenters. The van der Waals surface area contributed by atoms with E-state index in [1.165, 1.54) is 41.1 Å². The minimum atomic E-state index is -1.86. The predicted molar refractivity (Wildman–Crippen MR) is 222 cm³/mol. The molecule has 4 aliphatic rings. The van der Waals surface area contributed by atoms with Gasteiger partial charge in [0.25, 0.3) is 5.91 Å². The predicted octanol–water partition coefficient (Wildman–Crippen LogP) is 4.46. The number of pyridine rings is 1. The van der Waals surface area contributed by atoms with Gasteiger partial charge in [0.05, 0.1) is 23.3 Å². The molecule has 61 heavy (non-hydrogen) atoms. The summed E-state index contributed by atoms with van der Waals surface area (Å²) in [5, 5.41) is 25.5. The molecule has 15 nitrogen and oxygen atoms in total. The molecule has 2 aromatic carbocycles. The Hall–Kier alpha value is -5.56. The highest BCUT2D eigenvalue weighted by Gasteiger charge is 2.54. The number of nitrogens with zero attached hydrogens (tertiary/aromatic N) is 3. The molecule has 320 valence electrons. The molecular weight excluding hydrogens is 832 g/mol. The zero-order valence-corrected chi connectivity index (χ0v) is 34.8. The minimum Gasteiger partial charge on any atom is -0.477 e. The van der Waals surface area contributed by atoms with Gasteiger partial charge in [0, 0.05) is 72.2 Å². The van der Waals surface area contributed by atoms with Crippen LogP contribution in [0.2, 0.25) is 0 Å². The lowest BCUT2D eigenvalue weighted by Crippen LogP contribution is -2.71. The molecular formula is C43H43FN4O11S2. The average Bonchev–Trinajstić information content (AvgIpc) is 3.76. The molecule has 5 atom stereocenters. The van der Waals surface area contributed by atoms with Gasteiger partial charge in [0.15, 0.2) is 12.4 Å². The maximum absolute atomic E-state index is 16.0. The molecule has 0 bridgehead atoms. The van der Waals surface area contributed by atoms with Crippen LogP contribution in [0, 0.1) is 5.82 Å². The van der Waals surface area contributed by atoms with Crippen molar-refractivity contribution in [3.8, 4) is 0 Å². The Bertz CT molecular complexity index is 2490. The van der Waals surface area contributed by atoms with Crippen molar-refractivity contribution in [2.75, 3.05) is 30.3 Å². The van der Waals surface area contributed by atoms with Gasteiger partial charge in [0.1, 0.15) is 35.5 Å². The molecule has 18 heteroatoms. The summed E-state index contributed by atoms with van der Waals surface area (Å²) in [6.07, 6.45) is -0.774. The van der Waals surface area contributed by atoms with Crippen LogP contribution in [0.1, 0.15) is 71.6 Å². The number of carbonyl (C=O) groups is 5. The molecule has 6 heterocycles. The number of aliphatic hydroxyl groups excluding tert-OH is 1. The van der Waals surface area contributed by atoms with Crippen molar-refractivity contribution >= 4 is 69.4 Å². The van der Waals surface area contributed by atoms with Gasteiger partial charge < -0.3 is 39.2 Å². The lowest BCUT2D eigenvalue weighted by molar-refractivity contribution is -0.185. The van der Waals surface area contributed by atoms with Crippen molar-refractivity contribution in [1.82, 2.24) is 14.8 Å². The van der Waals surface area contributed by atoms with E-state index in [0.717, 1.165) is 10.9 Å². The van der Waals surface area contributed by atoms with E-state index >= 15 is 4.39 Å². The number of carbonyl (C=O) groups excluding carboxylic acids is 4. The van der Waals surface area contributed by atoms with Crippen LogP contribution in [-0.4, -0.2) is 98.7 Å². The smallest absolute Gasteiger partial charge is 0.341 e. The number of piperidine rings is 1. The summed E-state index contributed by atoms with van der Waals surface area (Å²) in [4.78, 5) is 81.4. The Morgan fingerprint density at radius 3 is 2.49 bits per heavy atom. The van der Waals surface area contributed by atoms with Crippen molar-refractivity contribution in [3.05, 3.63) is 109 Å². The van der Waals surface area contributed by atoms with Gasteiger partial charge in [0.2, 0.25) is 11.3 Å². The van der Waals surface area contributed by atoms with Crippen LogP contribution in [0.3, 0.4) is 0 Å². The molecule has 3 N–H and O–H groups in total. The monoisotopic (exact) mass is 874 g/mol. The highest BCUT2D eigenvalue weighted by Crippen LogP contribution is 2.43. The Balaban J connectivity index is 0.989. The summed E-state index contributed by atoms with van der Waals surface area (Å²) in [6.45, 7) is 3.51. The summed E-state index contributed by atoms with van der Waals surface area (Å²) >= 11 is 2.76. The summed E-state index contributed by atoms with van der Waals surface area (Å²) in [7, 11) is 0. The van der Waals surface area contributed by atoms with Crippen LogP contribution < -0.4 is 15.6 Å². The highest BCUT2D eigenvalue weighted by atomic mass is 32.2. The Labute approximate surface area is 357 Å². The Morgan fingerprint density at radius 2 is 1.80 bits per heavy atom. The van der Waals surface area contributed by atoms with Crippen molar-refractivity contribution in [2.24, 2.45) is 0 Å². The van der Waals surface area contributed by atoms with E-state index < -0.39 is 70.5 Å². The largest absolute Gasteiger partial charge is 0.477 e. The topological polar surface area (TPSA) is 194 Å². The van der Waals surface area contributed by atoms with E-state index in [1.807, 2.05) is 29.3 Å². The van der Waals surface area contributed by atoms with Gasteiger partial charge in [-0.2, -0.15) is 0 Å². The lowest BCUT2D eigenvalue weighted by Gasteiger charge is -2.51. The number of thioether (sulfide) groups is 1. The molecule has 0 radical (unpaired) electrons. The van der Waals surface area contributed by atoms with Crippen molar-refractivity contribution in [1.29, 1.82) is 0 Å². The number of aromatic carboxylic acids is 1. The van der Waals surface area contributed by atoms with Crippen LogP contribution in [0.15, 0.2) is 76.2 Å². The van der Waals surface area contributed by atoms with Gasteiger partial charge in [-0.1, -0.05) is 36.4 Å². The molecule has 2 fully saturated rings. The molecule has 8 rings (SSSR count). The van der Waals surface area contributed by atoms with Gasteiger partial charge in [-0.05, 0) is 42.8 Å². The van der Waals surface area contributed by atoms with Crippen molar-refractivity contribution in [3.63, 3.8) is 0 Å². The minimum absolute atomic E-state index is 0.0150. The zero-order valence-electron chi connectivity index (χ0n) is 33.2. The number of rotatable bonds is 13. The number of nitrogens with one attached hydrogen (secondary N) is 1. The van der Waals surface area contributed by atoms with E-state index in [9.17, 15) is 39.0 Å². The fraction of sp³-hybridized carbons (Fsp3) is 0.395. The number of β-lactam (4-membered cyclic amide) rings is 1. The number of hydrogen-bond donors (Lipinski definition) is 3. The third kappa shape index (κ3) is 8.28. The number of benzene rings is 2. The van der Waals surface area contributed by atoms with Crippen LogP contribution in [-0.2, 0) is 46.2 Å². The van der Waals surface area contributed by atoms with Crippen LogP contribution in [0.25, 0.3) is 10.9 Å². The van der Waals surface area contributed by atoms with Crippen molar-refractivity contribution in [2.45, 2.75) is 81.9 Å². The lowest BCUT2D eigenvalue weighted by atomic mass is 9.93. The summed E-state index contributed by atoms with van der Waals surface area (Å²) in [5.41, 5.74) is 1.10. The number of carboxylic acid groups (broad SMARTS) is 1. The normalized spacial score (nSPS) is 21.0. The van der Waals surface area contributed by atoms with Crippen LogP contribution in [0.5, 0.6) is 0 Å². The second-order valence-electron chi connectivity index (χ2n) is 15.4. The van der Waals surface area contributed by atoms with E-state index in [2.05, 4.69) is 5.32 Å². The van der Waals surface area contributed by atoms with Crippen LogP contribution >= 0.6 is 23.1 Å². The summed E-state index contributed by atoms with van der Waals surface area (Å²) in [6, 6.07) is 12.2. The second-order valence-corrected chi connectivity index (χ2v) is 17.6. The standard InChI is InChI=1S/C43H43FN4O11S2/c1-22-10-11-28-35-29(37(51)30(41(53)54)19-47(22)35)18-31(44)36(28)46-14-12-26(13-15-46)58-43(56)38(24-7-4-3-5-8-24)59-42(55)34-25(20-57-23(2)49)21-61-40-33(39(52)48(34)40)45-32(50)17-27-9-6-16-60-27/h3-9,16,18-19,22,26,33,38,40,42,55H,10-15,17,20-21H2,1-2H3,(H,45,50)(H,53,54)/t22?,33-,38?,40-,42?/m1/s1. The number of esters is 2. The van der Waals surface area contributed by atoms with Crippen LogP contribution in [0.4, 0.5) is 10.1 Å². The number of amides is 2. The first kappa shape index (κ1) is 42.1. The number of hydrogen-bond acceptors (Lipinski definition) is 13. The van der Waals surface area contributed by atoms with Gasteiger partial charge >= 0.3 is 17.9 Å². The third-order valence-electron chi connectivity index (χ3n) is 11.5. The van der Waals surface area contributed by atoms with Gasteiger partial charge in [-0.3, -0.25) is 24.1 Å². The zero-order chi connectivity index (χ0) is 43.1. The number of halogens is 1. The number of aliphatic hydroxyl groups is 1. The van der Waals surface area contributed by atoms with E-state index in [4.69, 9.17) is 14.2 Å². The molecule has 4 aromatic rings. The van der Waals surface area contributed by atoms with Crippen molar-refractivity contribution < 1.29 is 52.8 Å². The second kappa shape index (κ2) is 17.4. The average molecular weight is 875 g/mol. The summed E-state index contributed by atoms with van der Waals surface area (Å²) < 4.78 is 35.1. The first-order valence-corrected chi connectivity index (χ1v) is 21.8. The maximum Gasteiger partial charge on any atom is 0.341 e. The molecule has 2 amide bonds. The molecule has 0 aliphatic carbocycles. The first-order chi connectivity index (χ1) is 29.3. The number of thiophene rings is 1. The number of aromatic nitrogens is 1. The van der Waals surface area contributed by atoms with E-state index in [1.54, 1.807) is 34.9 Å². The highest BCUT2D eigenvalue weighted by molar-refractivity contribution is 8.00. The molecule has 2 saturated heterocycles. The SMILES string of the molecule is CC(=O)OCC1=C(C(O)OC(C(=O)OC2CCN(c3c(F)cc4c(=O)c(C(=O)O)cn5c4c3CCC5C)CC2)c2ccccc2)N2C(=O)[C@@H](NC(=O)Cc3cccs3)[C@H]2SC1. The molecule has 0 spiro atoms. The molecule has 0 saturated carbocycles. The quantitative estimate of drug-likeness (QED) is 0.0970. The van der Waals surface area contributed by atoms with Gasteiger partial charge in [-0.15, -0.1) is 23.1 Å². The number of carboxylic acids is 1. The number of anilines is 1. The Kier molecular flexibility index (Phi) is 12.0. The van der Waals surface area contributed by atoms with E-state index in [-0.39, 0.29) is 41.8 Å². The number of aryl methyl sites for hydroxylation is 1.